The first-order chi connectivity index (χ1) is 22.5. The van der Waals surface area contributed by atoms with Crippen molar-refractivity contribution >= 4 is 5.91 Å². The molecule has 0 bridgehead atoms. The Kier molecular flexibility index (Phi) is 11.7. The van der Waals surface area contributed by atoms with E-state index in [2.05, 4.69) is 25.8 Å². The lowest BCUT2D eigenvalue weighted by Crippen LogP contribution is -2.47. The second kappa shape index (κ2) is 16.1. The van der Waals surface area contributed by atoms with Gasteiger partial charge in [-0.15, -0.1) is 0 Å². The summed E-state index contributed by atoms with van der Waals surface area (Å²) in [7, 11) is 0. The molecule has 46 heavy (non-hydrogen) atoms. The van der Waals surface area contributed by atoms with E-state index in [1.54, 1.807) is 12.1 Å². The fourth-order valence-corrected chi connectivity index (χ4v) is 8.06. The smallest absolute Gasteiger partial charge is 0.222 e. The van der Waals surface area contributed by atoms with Gasteiger partial charge in [0.2, 0.25) is 5.91 Å². The minimum atomic E-state index is -0.538. The number of ether oxygens (including phenoxy) is 2. The molecule has 4 aliphatic rings. The van der Waals surface area contributed by atoms with Crippen molar-refractivity contribution in [3.8, 4) is 0 Å². The Hall–Kier alpha value is -2.43. The van der Waals surface area contributed by atoms with Crippen LogP contribution in [0, 0.1) is 5.82 Å². The van der Waals surface area contributed by atoms with E-state index in [1.807, 2.05) is 29.4 Å². The van der Waals surface area contributed by atoms with Gasteiger partial charge in [-0.3, -0.25) is 9.78 Å². The molecule has 5 heterocycles. The Morgan fingerprint density at radius 1 is 0.717 bits per heavy atom. The van der Waals surface area contributed by atoms with E-state index in [4.69, 9.17) is 9.47 Å². The van der Waals surface area contributed by atoms with Crippen molar-refractivity contribution in [2.75, 3.05) is 85.2 Å². The highest BCUT2D eigenvalue weighted by Crippen LogP contribution is 2.38. The van der Waals surface area contributed by atoms with E-state index < -0.39 is 5.60 Å². The number of carbonyl (C=O) groups excluding carboxylic acids is 1. The Morgan fingerprint density at radius 2 is 1.28 bits per heavy atom. The van der Waals surface area contributed by atoms with Gasteiger partial charge in [-0.1, -0.05) is 18.2 Å². The summed E-state index contributed by atoms with van der Waals surface area (Å²) in [6.07, 6.45) is 13.6. The SMILES string of the molecule is O=C(CCCN1CCC(OCCN2CCCC2)(c2cccnc2)CC1)N1CCC(OCCN2CCCC2)(c2cccc(F)c2)CC1. The molecule has 4 aliphatic heterocycles. The molecule has 8 nitrogen and oxygen atoms in total. The summed E-state index contributed by atoms with van der Waals surface area (Å²) < 4.78 is 27.5. The number of amides is 1. The lowest BCUT2D eigenvalue weighted by Gasteiger charge is -2.43. The topological polar surface area (TPSA) is 61.4 Å². The highest BCUT2D eigenvalue weighted by molar-refractivity contribution is 5.76. The molecular weight excluding hydrogens is 581 g/mol. The number of hydrogen-bond donors (Lipinski definition) is 0. The van der Waals surface area contributed by atoms with Gasteiger partial charge in [-0.2, -0.15) is 0 Å². The fraction of sp³-hybridized carbons (Fsp3) is 0.676. The molecule has 0 unspecified atom stereocenters. The quantitative estimate of drug-likeness (QED) is 0.289. The molecule has 2 aromatic rings. The standard InChI is InChI=1S/C37H54FN5O3/c38-34-10-5-8-32(30-34)36(45-28-26-40-17-1-2-18-40)14-24-43(25-15-36)35(44)11-7-21-42-22-12-37(13-23-42,33-9-6-16-39-31-33)46-29-27-41-19-3-4-20-41/h5-6,8-10,16,30-31H,1-4,7,11-15,17-29H2. The van der Waals surface area contributed by atoms with Crippen molar-refractivity contribution in [3.05, 3.63) is 65.7 Å². The average molecular weight is 636 g/mol. The summed E-state index contributed by atoms with van der Waals surface area (Å²) in [6.45, 7) is 12.1. The number of halogens is 1. The van der Waals surface area contributed by atoms with Crippen LogP contribution in [0.25, 0.3) is 0 Å². The average Bonchev–Trinajstić information content (AvgIpc) is 3.81. The maximum atomic E-state index is 14.3. The highest BCUT2D eigenvalue weighted by atomic mass is 19.1. The summed E-state index contributed by atoms with van der Waals surface area (Å²) in [6, 6.07) is 11.0. The summed E-state index contributed by atoms with van der Waals surface area (Å²) in [5.74, 6) is -0.0144. The summed E-state index contributed by atoms with van der Waals surface area (Å²) >= 11 is 0. The minimum Gasteiger partial charge on any atom is -0.369 e. The van der Waals surface area contributed by atoms with Crippen LogP contribution in [0.1, 0.15) is 75.3 Å². The van der Waals surface area contributed by atoms with Crippen LogP contribution in [-0.2, 0) is 25.5 Å². The molecule has 9 heteroatoms. The van der Waals surface area contributed by atoms with Gasteiger partial charge in [0.15, 0.2) is 0 Å². The Labute approximate surface area is 275 Å². The largest absolute Gasteiger partial charge is 0.369 e. The van der Waals surface area contributed by atoms with Crippen LogP contribution in [0.3, 0.4) is 0 Å². The van der Waals surface area contributed by atoms with Crippen LogP contribution < -0.4 is 0 Å². The second-order valence-corrected chi connectivity index (χ2v) is 13.9. The number of benzene rings is 1. The monoisotopic (exact) mass is 635 g/mol. The van der Waals surface area contributed by atoms with Gasteiger partial charge in [0.1, 0.15) is 5.82 Å². The molecule has 0 N–H and O–H groups in total. The Bertz CT molecular complexity index is 1220. The Morgan fingerprint density at radius 3 is 1.87 bits per heavy atom. The van der Waals surface area contributed by atoms with Crippen molar-refractivity contribution < 1.29 is 18.7 Å². The zero-order valence-electron chi connectivity index (χ0n) is 27.7. The molecule has 6 rings (SSSR count). The van der Waals surface area contributed by atoms with Crippen molar-refractivity contribution in [3.63, 3.8) is 0 Å². The van der Waals surface area contributed by atoms with Gasteiger partial charge in [-0.05, 0) is 114 Å². The number of rotatable bonds is 14. The summed E-state index contributed by atoms with van der Waals surface area (Å²) in [5, 5.41) is 0. The number of aromatic nitrogens is 1. The Balaban J connectivity index is 0.959. The van der Waals surface area contributed by atoms with Gasteiger partial charge < -0.3 is 29.1 Å². The first-order valence-electron chi connectivity index (χ1n) is 17.9. The maximum Gasteiger partial charge on any atom is 0.222 e. The number of piperidine rings is 2. The minimum absolute atomic E-state index is 0.219. The summed E-state index contributed by atoms with van der Waals surface area (Å²) in [4.78, 5) is 27.2. The molecule has 0 aliphatic carbocycles. The predicted octanol–water partition coefficient (Wildman–Crippen LogP) is 5.03. The highest BCUT2D eigenvalue weighted by Gasteiger charge is 2.40. The van der Waals surface area contributed by atoms with E-state index in [9.17, 15) is 9.18 Å². The number of nitrogens with zero attached hydrogens (tertiary/aromatic N) is 5. The first kappa shape index (κ1) is 33.5. The first-order valence-corrected chi connectivity index (χ1v) is 17.9. The fourth-order valence-electron chi connectivity index (χ4n) is 8.06. The van der Waals surface area contributed by atoms with Gasteiger partial charge in [0, 0.05) is 63.6 Å². The van der Waals surface area contributed by atoms with Crippen LogP contribution in [-0.4, -0.2) is 116 Å². The number of carbonyl (C=O) groups is 1. The van der Waals surface area contributed by atoms with Gasteiger partial charge in [-0.25, -0.2) is 4.39 Å². The molecule has 0 atom stereocenters. The van der Waals surface area contributed by atoms with E-state index in [1.165, 1.54) is 50.4 Å². The molecule has 1 aromatic carbocycles. The van der Waals surface area contributed by atoms with Gasteiger partial charge in [0.05, 0.1) is 24.4 Å². The number of pyridine rings is 1. The second-order valence-electron chi connectivity index (χ2n) is 13.9. The van der Waals surface area contributed by atoms with Crippen molar-refractivity contribution in [1.82, 2.24) is 24.6 Å². The molecule has 0 spiro atoms. The lowest BCUT2D eigenvalue weighted by atomic mass is 9.83. The maximum absolute atomic E-state index is 14.3. The van der Waals surface area contributed by atoms with E-state index in [-0.39, 0.29) is 17.3 Å². The third-order valence-corrected chi connectivity index (χ3v) is 11.0. The summed E-state index contributed by atoms with van der Waals surface area (Å²) in [5.41, 5.74) is 1.27. The molecule has 1 aromatic heterocycles. The molecule has 4 saturated heterocycles. The molecule has 0 saturated carbocycles. The molecule has 252 valence electrons. The van der Waals surface area contributed by atoms with Crippen molar-refractivity contribution in [2.45, 2.75) is 75.4 Å². The van der Waals surface area contributed by atoms with Crippen molar-refractivity contribution in [1.29, 1.82) is 0 Å². The van der Waals surface area contributed by atoms with Crippen LogP contribution in [0.5, 0.6) is 0 Å². The molecular formula is C37H54FN5O3. The lowest BCUT2D eigenvalue weighted by molar-refractivity contribution is -0.140. The van der Waals surface area contributed by atoms with Crippen LogP contribution in [0.15, 0.2) is 48.8 Å². The van der Waals surface area contributed by atoms with Crippen LogP contribution >= 0.6 is 0 Å². The van der Waals surface area contributed by atoms with E-state index in [0.717, 1.165) is 77.2 Å². The van der Waals surface area contributed by atoms with Gasteiger partial charge in [0.25, 0.3) is 0 Å². The van der Waals surface area contributed by atoms with Crippen molar-refractivity contribution in [2.24, 2.45) is 0 Å². The number of likely N-dealkylation sites (tertiary alicyclic amines) is 4. The molecule has 0 radical (unpaired) electrons. The van der Waals surface area contributed by atoms with E-state index in [0.29, 0.717) is 39.0 Å². The van der Waals surface area contributed by atoms with E-state index >= 15 is 0 Å². The van der Waals surface area contributed by atoms with Crippen LogP contribution in [0.4, 0.5) is 4.39 Å². The van der Waals surface area contributed by atoms with Gasteiger partial charge >= 0.3 is 0 Å². The predicted molar refractivity (Wildman–Crippen MR) is 178 cm³/mol. The molecule has 4 fully saturated rings. The third-order valence-electron chi connectivity index (χ3n) is 11.0. The number of hydrogen-bond acceptors (Lipinski definition) is 7. The third kappa shape index (κ3) is 8.53. The van der Waals surface area contributed by atoms with Crippen LogP contribution in [0.2, 0.25) is 0 Å². The zero-order chi connectivity index (χ0) is 31.7. The molecule has 1 amide bonds. The normalized spacial score (nSPS) is 22.4. The zero-order valence-corrected chi connectivity index (χ0v) is 27.7.